The molecular weight excluding hydrogens is 352 g/mol. The van der Waals surface area contributed by atoms with Crippen molar-refractivity contribution in [3.05, 3.63) is 44.3 Å². The number of esters is 1. The molecule has 3 heterocycles. The molecule has 24 heavy (non-hydrogen) atoms. The van der Waals surface area contributed by atoms with E-state index < -0.39 is 17.4 Å². The zero-order valence-corrected chi connectivity index (χ0v) is 14.4. The van der Waals surface area contributed by atoms with Gasteiger partial charge in [-0.15, -0.1) is 22.7 Å². The first kappa shape index (κ1) is 16.3. The summed E-state index contributed by atoms with van der Waals surface area (Å²) in [4.78, 5) is 44.9. The van der Waals surface area contributed by atoms with Gasteiger partial charge in [0.05, 0.1) is 6.61 Å². The molecule has 0 radical (unpaired) electrons. The van der Waals surface area contributed by atoms with E-state index in [2.05, 4.69) is 15.3 Å². The smallest absolute Gasteiger partial charge is 0.357 e. The maximum Gasteiger partial charge on any atom is 0.357 e. The summed E-state index contributed by atoms with van der Waals surface area (Å²) in [5.41, 5.74) is 0.275. The van der Waals surface area contributed by atoms with Crippen molar-refractivity contribution in [2.45, 2.75) is 13.8 Å². The summed E-state index contributed by atoms with van der Waals surface area (Å²) in [5.74, 6) is -1.19. The molecule has 0 saturated carbocycles. The van der Waals surface area contributed by atoms with Crippen LogP contribution in [0.4, 0.5) is 5.13 Å². The highest BCUT2D eigenvalue weighted by atomic mass is 32.1. The lowest BCUT2D eigenvalue weighted by atomic mass is 10.3. The van der Waals surface area contributed by atoms with Gasteiger partial charge in [-0.05, 0) is 13.8 Å². The molecule has 10 heteroatoms. The summed E-state index contributed by atoms with van der Waals surface area (Å²) in [6.45, 7) is 3.69. The maximum absolute atomic E-state index is 12.4. The van der Waals surface area contributed by atoms with E-state index in [4.69, 9.17) is 4.74 Å². The van der Waals surface area contributed by atoms with Crippen LogP contribution in [0, 0.1) is 6.92 Å². The molecule has 3 rings (SSSR count). The van der Waals surface area contributed by atoms with Gasteiger partial charge in [-0.1, -0.05) is 0 Å². The van der Waals surface area contributed by atoms with Crippen molar-refractivity contribution >= 4 is 44.6 Å². The Morgan fingerprint density at radius 1 is 1.33 bits per heavy atom. The molecule has 0 atom stereocenters. The third-order valence-electron chi connectivity index (χ3n) is 3.07. The fraction of sp³-hybridized carbons (Fsp3) is 0.214. The maximum atomic E-state index is 12.4. The number of anilines is 1. The number of ether oxygens (including phenoxy) is 1. The number of amides is 1. The van der Waals surface area contributed by atoms with Gasteiger partial charge in [0.1, 0.15) is 5.56 Å². The number of rotatable bonds is 4. The lowest BCUT2D eigenvalue weighted by Gasteiger charge is -2.02. The molecule has 3 aromatic heterocycles. The highest BCUT2D eigenvalue weighted by Gasteiger charge is 2.18. The molecule has 0 aliphatic rings. The van der Waals surface area contributed by atoms with Crippen LogP contribution in [0.15, 0.2) is 21.8 Å². The van der Waals surface area contributed by atoms with Gasteiger partial charge in [-0.25, -0.2) is 14.8 Å². The van der Waals surface area contributed by atoms with E-state index in [9.17, 15) is 14.4 Å². The van der Waals surface area contributed by atoms with E-state index >= 15 is 0 Å². The Hall–Kier alpha value is -2.59. The number of carbonyl (C=O) groups excluding carboxylic acids is 2. The highest BCUT2D eigenvalue weighted by molar-refractivity contribution is 7.15. The summed E-state index contributed by atoms with van der Waals surface area (Å²) in [6, 6.07) is 0. The highest BCUT2D eigenvalue weighted by Crippen LogP contribution is 2.17. The lowest BCUT2D eigenvalue weighted by Crippen LogP contribution is -2.26. The zero-order chi connectivity index (χ0) is 17.3. The van der Waals surface area contributed by atoms with Gasteiger partial charge in [-0.2, -0.15) is 0 Å². The average Bonchev–Trinajstić information content (AvgIpc) is 3.15. The molecule has 0 bridgehead atoms. The predicted molar refractivity (Wildman–Crippen MR) is 90.1 cm³/mol. The lowest BCUT2D eigenvalue weighted by molar-refractivity contribution is 0.0520. The minimum atomic E-state index is -0.628. The van der Waals surface area contributed by atoms with Crippen LogP contribution in [0.1, 0.15) is 33.5 Å². The molecule has 1 N–H and O–H groups in total. The van der Waals surface area contributed by atoms with Crippen LogP contribution in [0.3, 0.4) is 0 Å². The number of thiazole rings is 2. The van der Waals surface area contributed by atoms with Gasteiger partial charge in [0.15, 0.2) is 15.8 Å². The van der Waals surface area contributed by atoms with Gasteiger partial charge in [0.2, 0.25) is 0 Å². The minimum absolute atomic E-state index is 0.0955. The number of nitrogens with one attached hydrogen (secondary N) is 1. The summed E-state index contributed by atoms with van der Waals surface area (Å²) < 4.78 is 6.21. The predicted octanol–water partition coefficient (Wildman–Crippen LogP) is 1.95. The molecule has 0 aromatic carbocycles. The van der Waals surface area contributed by atoms with Crippen molar-refractivity contribution in [1.82, 2.24) is 14.4 Å². The minimum Gasteiger partial charge on any atom is -0.461 e. The topological polar surface area (TPSA) is 103 Å². The van der Waals surface area contributed by atoms with E-state index in [0.29, 0.717) is 10.7 Å². The molecule has 0 aliphatic carbocycles. The first-order valence-corrected chi connectivity index (χ1v) is 8.67. The van der Waals surface area contributed by atoms with E-state index in [0.717, 1.165) is 11.3 Å². The van der Waals surface area contributed by atoms with Gasteiger partial charge < -0.3 is 4.74 Å². The van der Waals surface area contributed by atoms with Crippen LogP contribution < -0.4 is 10.9 Å². The Bertz CT molecular complexity index is 988. The Kier molecular flexibility index (Phi) is 4.40. The Balaban J connectivity index is 1.85. The first-order valence-electron chi connectivity index (χ1n) is 6.91. The number of aromatic nitrogens is 3. The second kappa shape index (κ2) is 6.49. The average molecular weight is 364 g/mol. The molecule has 1 amide bonds. The molecule has 0 fully saturated rings. The zero-order valence-electron chi connectivity index (χ0n) is 12.7. The van der Waals surface area contributed by atoms with Crippen molar-refractivity contribution in [1.29, 1.82) is 0 Å². The van der Waals surface area contributed by atoms with E-state index in [1.165, 1.54) is 27.3 Å². The third kappa shape index (κ3) is 2.93. The molecular formula is C14H12N4O4S2. The monoisotopic (exact) mass is 364 g/mol. The summed E-state index contributed by atoms with van der Waals surface area (Å²) in [6.07, 6.45) is 1.24. The molecule has 124 valence electrons. The molecule has 0 saturated heterocycles. The number of hydrogen-bond donors (Lipinski definition) is 1. The largest absolute Gasteiger partial charge is 0.461 e. The molecule has 0 aliphatic heterocycles. The van der Waals surface area contributed by atoms with Crippen LogP contribution >= 0.6 is 22.7 Å². The van der Waals surface area contributed by atoms with Gasteiger partial charge >= 0.3 is 5.97 Å². The van der Waals surface area contributed by atoms with Crippen molar-refractivity contribution in [3.63, 3.8) is 0 Å². The number of carbonyl (C=O) groups is 2. The second-order valence-corrected chi connectivity index (χ2v) is 6.38. The van der Waals surface area contributed by atoms with Crippen molar-refractivity contribution in [2.24, 2.45) is 0 Å². The molecule has 3 aromatic rings. The van der Waals surface area contributed by atoms with E-state index in [-0.39, 0.29) is 23.0 Å². The van der Waals surface area contributed by atoms with Gasteiger partial charge in [-0.3, -0.25) is 19.3 Å². The van der Waals surface area contributed by atoms with Crippen LogP contribution in [0.25, 0.3) is 4.96 Å². The van der Waals surface area contributed by atoms with Crippen LogP contribution in [0.2, 0.25) is 0 Å². The van der Waals surface area contributed by atoms with Crippen LogP contribution in [0.5, 0.6) is 0 Å². The van der Waals surface area contributed by atoms with E-state index in [1.54, 1.807) is 19.2 Å². The quantitative estimate of drug-likeness (QED) is 0.710. The van der Waals surface area contributed by atoms with Crippen molar-refractivity contribution < 1.29 is 14.3 Å². The van der Waals surface area contributed by atoms with Crippen LogP contribution in [-0.2, 0) is 4.74 Å². The number of nitrogens with zero attached hydrogens (tertiary/aromatic N) is 3. The van der Waals surface area contributed by atoms with Crippen molar-refractivity contribution in [3.8, 4) is 0 Å². The molecule has 8 nitrogen and oxygen atoms in total. The van der Waals surface area contributed by atoms with Gasteiger partial charge in [0.25, 0.3) is 11.5 Å². The Morgan fingerprint density at radius 3 is 2.88 bits per heavy atom. The SMILES string of the molecule is CCOC(=O)c1csc(NC(=O)c2cnc3scc(C)n3c2=O)n1. The second-order valence-electron chi connectivity index (χ2n) is 4.68. The molecule has 0 unspecified atom stereocenters. The van der Waals surface area contributed by atoms with E-state index in [1.807, 2.05) is 0 Å². The fourth-order valence-corrected chi connectivity index (χ4v) is 3.48. The Morgan fingerprint density at radius 2 is 2.12 bits per heavy atom. The third-order valence-corrected chi connectivity index (χ3v) is 4.79. The summed E-state index contributed by atoms with van der Waals surface area (Å²) in [5, 5.41) is 5.97. The number of aryl methyl sites for hydroxylation is 1. The van der Waals surface area contributed by atoms with Crippen molar-refractivity contribution in [2.75, 3.05) is 11.9 Å². The van der Waals surface area contributed by atoms with Gasteiger partial charge in [0, 0.05) is 22.7 Å². The summed E-state index contributed by atoms with van der Waals surface area (Å²) in [7, 11) is 0. The number of fused-ring (bicyclic) bond motifs is 1. The van der Waals surface area contributed by atoms with Crippen LogP contribution in [-0.4, -0.2) is 32.9 Å². The normalized spacial score (nSPS) is 10.8. The number of hydrogen-bond acceptors (Lipinski definition) is 8. The molecule has 0 spiro atoms. The summed E-state index contributed by atoms with van der Waals surface area (Å²) >= 11 is 2.39. The Labute approximate surface area is 143 Å². The fourth-order valence-electron chi connectivity index (χ4n) is 1.98. The first-order chi connectivity index (χ1) is 11.5. The standard InChI is InChI=1S/C14H12N4O4S2/c1-3-22-12(21)9-6-23-13(16-9)17-10(19)8-4-15-14-18(11(8)20)7(2)5-24-14/h4-6H,3H2,1-2H3,(H,16,17,19).